The Morgan fingerprint density at radius 2 is 1.45 bits per heavy atom. The van der Waals surface area contributed by atoms with Crippen molar-refractivity contribution >= 4 is 12.4 Å². The summed E-state index contributed by atoms with van der Waals surface area (Å²) in [5.41, 5.74) is 1.31. The Morgan fingerprint density at radius 1 is 0.900 bits per heavy atom. The van der Waals surface area contributed by atoms with Gasteiger partial charge in [0.25, 0.3) is 0 Å². The average Bonchev–Trinajstić information content (AvgIpc) is 2.40. The third-order valence-electron chi connectivity index (χ3n) is 2.92. The van der Waals surface area contributed by atoms with Crippen LogP contribution in [0.25, 0.3) is 0 Å². The number of hydrogen-bond acceptors (Lipinski definition) is 2. The lowest BCUT2D eigenvalue weighted by Crippen LogP contribution is -2.32. The largest absolute Gasteiger partial charge is 0.489 e. The van der Waals surface area contributed by atoms with Gasteiger partial charge in [0.1, 0.15) is 11.9 Å². The monoisotopic (exact) mass is 291 g/mol. The van der Waals surface area contributed by atoms with Crippen LogP contribution in [0.3, 0.4) is 0 Å². The number of benzene rings is 2. The van der Waals surface area contributed by atoms with Crippen LogP contribution < -0.4 is 4.74 Å². The molecule has 2 aromatic rings. The highest BCUT2D eigenvalue weighted by molar-refractivity contribution is 5.85. The maximum absolute atomic E-state index is 6.09. The highest BCUT2D eigenvalue weighted by Crippen LogP contribution is 2.14. The smallest absolute Gasteiger partial charge is 0.119 e. The molecule has 0 fully saturated rings. The van der Waals surface area contributed by atoms with Gasteiger partial charge in [-0.25, -0.2) is 0 Å². The second kappa shape index (κ2) is 8.62. The molecule has 0 aliphatic carbocycles. The zero-order chi connectivity index (χ0) is 13.5. The van der Waals surface area contributed by atoms with Crippen molar-refractivity contribution in [2.45, 2.75) is 12.5 Å². The molecule has 20 heavy (non-hydrogen) atoms. The summed E-state index contributed by atoms with van der Waals surface area (Å²) in [5.74, 6) is 0.935. The van der Waals surface area contributed by atoms with Crippen LogP contribution in [0.15, 0.2) is 60.7 Å². The summed E-state index contributed by atoms with van der Waals surface area (Å²) in [7, 11) is 4.15. The summed E-state index contributed by atoms with van der Waals surface area (Å²) >= 11 is 0. The minimum absolute atomic E-state index is 0. The molecule has 0 aromatic heterocycles. The first-order valence-corrected chi connectivity index (χ1v) is 6.64. The molecule has 108 valence electrons. The van der Waals surface area contributed by atoms with Gasteiger partial charge >= 0.3 is 0 Å². The molecule has 0 heterocycles. The minimum atomic E-state index is 0. The van der Waals surface area contributed by atoms with Gasteiger partial charge in [0, 0.05) is 13.0 Å². The molecule has 2 nitrogen and oxygen atoms in total. The predicted molar refractivity (Wildman–Crippen MR) is 86.8 cm³/mol. The lowest BCUT2D eigenvalue weighted by Gasteiger charge is -2.22. The molecular weight excluding hydrogens is 270 g/mol. The van der Waals surface area contributed by atoms with Gasteiger partial charge in [0.15, 0.2) is 0 Å². The SMILES string of the molecule is CN(C)CC(Cc1ccccc1)Oc1ccccc1.Cl. The fourth-order valence-electron chi connectivity index (χ4n) is 2.12. The van der Waals surface area contributed by atoms with Gasteiger partial charge in [-0.3, -0.25) is 0 Å². The molecule has 0 radical (unpaired) electrons. The molecule has 3 heteroatoms. The van der Waals surface area contributed by atoms with Crippen LogP contribution in [0, 0.1) is 0 Å². The molecule has 0 spiro atoms. The summed E-state index contributed by atoms with van der Waals surface area (Å²) in [4.78, 5) is 2.16. The molecular formula is C17H22ClNO. The Morgan fingerprint density at radius 3 is 2.00 bits per heavy atom. The Hall–Kier alpha value is -1.51. The molecule has 0 amide bonds. The normalized spacial score (nSPS) is 11.8. The maximum atomic E-state index is 6.09. The Bertz CT molecular complexity index is 431. The first kappa shape index (κ1) is 16.5. The number of hydrogen-bond donors (Lipinski definition) is 0. The number of likely N-dealkylation sites (N-methyl/N-ethyl adjacent to an activating group) is 1. The lowest BCUT2D eigenvalue weighted by molar-refractivity contribution is 0.160. The second-order valence-corrected chi connectivity index (χ2v) is 5.00. The predicted octanol–water partition coefficient (Wildman–Crippen LogP) is 3.66. The number of halogens is 1. The Kier molecular flexibility index (Phi) is 7.13. The summed E-state index contributed by atoms with van der Waals surface area (Å²) in [6.45, 7) is 0.907. The van der Waals surface area contributed by atoms with Crippen molar-refractivity contribution in [3.63, 3.8) is 0 Å². The number of nitrogens with zero attached hydrogens (tertiary/aromatic N) is 1. The van der Waals surface area contributed by atoms with Crippen LogP contribution in [-0.2, 0) is 6.42 Å². The topological polar surface area (TPSA) is 12.5 Å². The van der Waals surface area contributed by atoms with E-state index in [-0.39, 0.29) is 18.5 Å². The van der Waals surface area contributed by atoms with Crippen LogP contribution in [0.4, 0.5) is 0 Å². The standard InChI is InChI=1S/C17H21NO.ClH/c1-18(2)14-17(13-15-9-5-3-6-10-15)19-16-11-7-4-8-12-16;/h3-12,17H,13-14H2,1-2H3;1H. The van der Waals surface area contributed by atoms with Crippen molar-refractivity contribution in [2.75, 3.05) is 20.6 Å². The summed E-state index contributed by atoms with van der Waals surface area (Å²) < 4.78 is 6.09. The van der Waals surface area contributed by atoms with Crippen molar-refractivity contribution in [1.82, 2.24) is 4.90 Å². The quantitative estimate of drug-likeness (QED) is 0.805. The van der Waals surface area contributed by atoms with Crippen LogP contribution in [0.2, 0.25) is 0 Å². The highest BCUT2D eigenvalue weighted by atomic mass is 35.5. The fourth-order valence-corrected chi connectivity index (χ4v) is 2.12. The van der Waals surface area contributed by atoms with E-state index in [1.165, 1.54) is 5.56 Å². The van der Waals surface area contributed by atoms with Gasteiger partial charge in [0.05, 0.1) is 0 Å². The lowest BCUT2D eigenvalue weighted by atomic mass is 10.1. The van der Waals surface area contributed by atoms with E-state index in [0.29, 0.717) is 0 Å². The van der Waals surface area contributed by atoms with Gasteiger partial charge in [-0.15, -0.1) is 12.4 Å². The van der Waals surface area contributed by atoms with E-state index in [9.17, 15) is 0 Å². The van der Waals surface area contributed by atoms with E-state index in [4.69, 9.17) is 4.74 Å². The third kappa shape index (κ3) is 5.64. The van der Waals surface area contributed by atoms with Crippen molar-refractivity contribution in [2.24, 2.45) is 0 Å². The zero-order valence-electron chi connectivity index (χ0n) is 12.0. The molecule has 0 saturated carbocycles. The highest BCUT2D eigenvalue weighted by Gasteiger charge is 2.12. The Balaban J connectivity index is 0.00000200. The van der Waals surface area contributed by atoms with Crippen molar-refractivity contribution in [3.05, 3.63) is 66.2 Å². The van der Waals surface area contributed by atoms with Gasteiger partial charge in [-0.2, -0.15) is 0 Å². The third-order valence-corrected chi connectivity index (χ3v) is 2.92. The Labute approximate surface area is 127 Å². The number of ether oxygens (including phenoxy) is 1. The van der Waals surface area contributed by atoms with E-state index >= 15 is 0 Å². The van der Waals surface area contributed by atoms with Crippen molar-refractivity contribution in [3.8, 4) is 5.75 Å². The summed E-state index contributed by atoms with van der Waals surface area (Å²) in [5, 5.41) is 0. The average molecular weight is 292 g/mol. The molecule has 1 atom stereocenters. The van der Waals surface area contributed by atoms with Crippen LogP contribution in [0.1, 0.15) is 5.56 Å². The van der Waals surface area contributed by atoms with E-state index < -0.39 is 0 Å². The maximum Gasteiger partial charge on any atom is 0.119 e. The van der Waals surface area contributed by atoms with E-state index in [0.717, 1.165) is 18.7 Å². The second-order valence-electron chi connectivity index (χ2n) is 5.00. The number of rotatable bonds is 6. The van der Waals surface area contributed by atoms with E-state index in [1.54, 1.807) is 0 Å². The van der Waals surface area contributed by atoms with Gasteiger partial charge in [-0.05, 0) is 31.8 Å². The zero-order valence-corrected chi connectivity index (χ0v) is 12.8. The van der Waals surface area contributed by atoms with Crippen LogP contribution >= 0.6 is 12.4 Å². The minimum Gasteiger partial charge on any atom is -0.489 e. The summed E-state index contributed by atoms with van der Waals surface area (Å²) in [6, 6.07) is 20.5. The fraction of sp³-hybridized carbons (Fsp3) is 0.294. The van der Waals surface area contributed by atoms with Gasteiger partial charge < -0.3 is 9.64 Å². The molecule has 0 aliphatic heterocycles. The molecule has 1 unspecified atom stereocenters. The first-order chi connectivity index (χ1) is 9.24. The van der Waals surface area contributed by atoms with E-state index in [2.05, 4.69) is 43.3 Å². The molecule has 0 saturated heterocycles. The molecule has 2 rings (SSSR count). The first-order valence-electron chi connectivity index (χ1n) is 6.64. The molecule has 0 bridgehead atoms. The van der Waals surface area contributed by atoms with Crippen LogP contribution in [-0.4, -0.2) is 31.6 Å². The number of para-hydroxylation sites is 1. The van der Waals surface area contributed by atoms with E-state index in [1.807, 2.05) is 36.4 Å². The van der Waals surface area contributed by atoms with Gasteiger partial charge in [-0.1, -0.05) is 48.5 Å². The van der Waals surface area contributed by atoms with Crippen molar-refractivity contribution < 1.29 is 4.74 Å². The molecule has 0 N–H and O–H groups in total. The van der Waals surface area contributed by atoms with Gasteiger partial charge in [0.2, 0.25) is 0 Å². The van der Waals surface area contributed by atoms with Crippen LogP contribution in [0.5, 0.6) is 5.75 Å². The molecule has 2 aromatic carbocycles. The van der Waals surface area contributed by atoms with Crippen molar-refractivity contribution in [1.29, 1.82) is 0 Å². The molecule has 0 aliphatic rings. The summed E-state index contributed by atoms with van der Waals surface area (Å²) in [6.07, 6.45) is 1.09.